The van der Waals surface area contributed by atoms with Gasteiger partial charge in [0.15, 0.2) is 0 Å². The summed E-state index contributed by atoms with van der Waals surface area (Å²) in [7, 11) is 0. The molecule has 3 aromatic heterocycles. The van der Waals surface area contributed by atoms with Crippen LogP contribution in [0.3, 0.4) is 0 Å². The summed E-state index contributed by atoms with van der Waals surface area (Å²) in [6.45, 7) is 4.94. The molecule has 6 heteroatoms. The van der Waals surface area contributed by atoms with Crippen LogP contribution in [0.1, 0.15) is 17.7 Å². The molecular weight excluding hydrogens is 369 g/mol. The van der Waals surface area contributed by atoms with Crippen LogP contribution in [0.15, 0.2) is 60.9 Å². The summed E-state index contributed by atoms with van der Waals surface area (Å²) in [4.78, 5) is 8.90. The molecule has 0 atom stereocenters. The normalized spacial score (nSPS) is 11.0. The Bertz CT molecular complexity index is 1110. The summed E-state index contributed by atoms with van der Waals surface area (Å²) in [5.41, 5.74) is 4.34. The topological polar surface area (TPSA) is 48.7 Å². The highest BCUT2D eigenvalue weighted by atomic mass is 19.1. The van der Waals surface area contributed by atoms with E-state index in [-0.39, 0.29) is 5.82 Å². The van der Waals surface area contributed by atoms with Crippen molar-refractivity contribution in [2.24, 2.45) is 0 Å². The third-order valence-electron chi connectivity index (χ3n) is 4.52. The number of rotatable bonds is 7. The smallest absolute Gasteiger partial charge is 0.226 e. The summed E-state index contributed by atoms with van der Waals surface area (Å²) < 4.78 is 27.1. The molecule has 148 valence electrons. The maximum Gasteiger partial charge on any atom is 0.226 e. The lowest BCUT2D eigenvalue weighted by molar-refractivity contribution is 0.241. The molecule has 0 saturated carbocycles. The van der Waals surface area contributed by atoms with Crippen LogP contribution in [-0.2, 0) is 0 Å². The molecule has 0 spiro atoms. The zero-order valence-electron chi connectivity index (χ0n) is 16.4. The molecule has 29 heavy (non-hydrogen) atoms. The first-order chi connectivity index (χ1) is 14.1. The van der Waals surface area contributed by atoms with Gasteiger partial charge in [0.05, 0.1) is 19.4 Å². The van der Waals surface area contributed by atoms with Gasteiger partial charge in [-0.15, -0.1) is 0 Å². The van der Waals surface area contributed by atoms with Gasteiger partial charge in [0.1, 0.15) is 22.9 Å². The van der Waals surface area contributed by atoms with Crippen molar-refractivity contribution in [3.8, 4) is 22.9 Å². The van der Waals surface area contributed by atoms with E-state index >= 15 is 0 Å². The number of benzene rings is 1. The Morgan fingerprint density at radius 1 is 0.931 bits per heavy atom. The van der Waals surface area contributed by atoms with E-state index in [4.69, 9.17) is 9.47 Å². The zero-order valence-corrected chi connectivity index (χ0v) is 16.4. The molecule has 0 fully saturated rings. The van der Waals surface area contributed by atoms with Crippen LogP contribution in [0.4, 0.5) is 4.39 Å². The number of imidazole rings is 1. The van der Waals surface area contributed by atoms with Crippen LogP contribution >= 0.6 is 0 Å². The van der Waals surface area contributed by atoms with Crippen LogP contribution < -0.4 is 9.47 Å². The van der Waals surface area contributed by atoms with Crippen molar-refractivity contribution < 1.29 is 13.9 Å². The highest BCUT2D eigenvalue weighted by molar-refractivity contribution is 5.69. The summed E-state index contributed by atoms with van der Waals surface area (Å²) in [6, 6.07) is 14.1. The van der Waals surface area contributed by atoms with Crippen molar-refractivity contribution >= 4 is 5.65 Å². The lowest BCUT2D eigenvalue weighted by Gasteiger charge is -2.10. The monoisotopic (exact) mass is 391 g/mol. The van der Waals surface area contributed by atoms with E-state index in [0.29, 0.717) is 31.2 Å². The average molecular weight is 391 g/mol. The fourth-order valence-electron chi connectivity index (χ4n) is 3.02. The second kappa shape index (κ2) is 8.31. The molecule has 3 heterocycles. The van der Waals surface area contributed by atoms with Gasteiger partial charge < -0.3 is 9.47 Å². The molecule has 1 aromatic carbocycles. The van der Waals surface area contributed by atoms with Crippen LogP contribution in [0.2, 0.25) is 0 Å². The fourth-order valence-corrected chi connectivity index (χ4v) is 3.02. The van der Waals surface area contributed by atoms with Crippen LogP contribution in [0, 0.1) is 19.7 Å². The molecule has 0 radical (unpaired) electrons. The SMILES string of the molecule is Cc1ccc2nc(-c3ccc(F)cc3)c(OCCCOc3ccc(C)nc3)n2c1. The van der Waals surface area contributed by atoms with Gasteiger partial charge in [-0.3, -0.25) is 9.38 Å². The Hall–Kier alpha value is -3.41. The van der Waals surface area contributed by atoms with Crippen molar-refractivity contribution in [1.82, 2.24) is 14.4 Å². The highest BCUT2D eigenvalue weighted by Gasteiger charge is 2.16. The molecule has 5 nitrogen and oxygen atoms in total. The van der Waals surface area contributed by atoms with Crippen molar-refractivity contribution in [3.05, 3.63) is 78.0 Å². The molecule has 4 aromatic rings. The number of fused-ring (bicyclic) bond motifs is 1. The zero-order chi connectivity index (χ0) is 20.2. The summed E-state index contributed by atoms with van der Waals surface area (Å²) in [5.74, 6) is 1.11. The van der Waals surface area contributed by atoms with E-state index in [1.165, 1.54) is 12.1 Å². The summed E-state index contributed by atoms with van der Waals surface area (Å²) in [5, 5.41) is 0. The molecule has 0 N–H and O–H groups in total. The summed E-state index contributed by atoms with van der Waals surface area (Å²) >= 11 is 0. The van der Waals surface area contributed by atoms with Gasteiger partial charge >= 0.3 is 0 Å². The second-order valence-corrected chi connectivity index (χ2v) is 6.89. The Labute approximate surface area is 168 Å². The predicted octanol–water partition coefficient (Wildman–Crippen LogP) is 5.00. The molecule has 0 aliphatic rings. The average Bonchev–Trinajstić information content (AvgIpc) is 3.07. The number of nitrogens with zero attached hydrogens (tertiary/aromatic N) is 3. The summed E-state index contributed by atoms with van der Waals surface area (Å²) in [6.07, 6.45) is 4.41. The Kier molecular flexibility index (Phi) is 5.42. The lowest BCUT2D eigenvalue weighted by atomic mass is 10.1. The van der Waals surface area contributed by atoms with Gasteiger partial charge in [-0.05, 0) is 61.9 Å². The molecule has 4 rings (SSSR count). The predicted molar refractivity (Wildman–Crippen MR) is 110 cm³/mol. The van der Waals surface area contributed by atoms with Gasteiger partial charge in [-0.25, -0.2) is 9.37 Å². The first-order valence-corrected chi connectivity index (χ1v) is 9.53. The molecule has 0 unspecified atom stereocenters. The Balaban J connectivity index is 1.49. The second-order valence-electron chi connectivity index (χ2n) is 6.89. The van der Waals surface area contributed by atoms with Gasteiger partial charge in [0, 0.05) is 23.9 Å². The number of pyridine rings is 2. The third-order valence-corrected chi connectivity index (χ3v) is 4.52. The highest BCUT2D eigenvalue weighted by Crippen LogP contribution is 2.31. The molecular formula is C23H22FN3O2. The van der Waals surface area contributed by atoms with E-state index in [0.717, 1.165) is 28.2 Å². The number of ether oxygens (including phenoxy) is 2. The van der Waals surface area contributed by atoms with Gasteiger partial charge in [-0.1, -0.05) is 6.07 Å². The van der Waals surface area contributed by atoms with Crippen molar-refractivity contribution in [3.63, 3.8) is 0 Å². The van der Waals surface area contributed by atoms with Crippen LogP contribution in [0.5, 0.6) is 11.6 Å². The number of halogens is 1. The molecule has 0 bridgehead atoms. The van der Waals surface area contributed by atoms with E-state index in [1.807, 2.05) is 48.7 Å². The quantitative estimate of drug-likeness (QED) is 0.416. The maximum atomic E-state index is 13.3. The maximum absolute atomic E-state index is 13.3. The molecule has 0 aliphatic carbocycles. The third kappa shape index (κ3) is 4.37. The van der Waals surface area contributed by atoms with E-state index in [1.54, 1.807) is 18.3 Å². The minimum absolute atomic E-state index is 0.279. The number of hydrogen-bond donors (Lipinski definition) is 0. The van der Waals surface area contributed by atoms with Gasteiger partial charge in [0.2, 0.25) is 5.88 Å². The van der Waals surface area contributed by atoms with E-state index < -0.39 is 0 Å². The first kappa shape index (κ1) is 18.9. The van der Waals surface area contributed by atoms with Crippen molar-refractivity contribution in [2.45, 2.75) is 20.3 Å². The van der Waals surface area contributed by atoms with Gasteiger partial charge in [-0.2, -0.15) is 0 Å². The number of hydrogen-bond acceptors (Lipinski definition) is 4. The minimum Gasteiger partial charge on any atom is -0.492 e. The Morgan fingerprint density at radius 3 is 2.48 bits per heavy atom. The van der Waals surface area contributed by atoms with Crippen LogP contribution in [-0.4, -0.2) is 27.6 Å². The molecule has 0 aliphatic heterocycles. The molecule has 0 amide bonds. The van der Waals surface area contributed by atoms with Crippen LogP contribution in [0.25, 0.3) is 16.9 Å². The van der Waals surface area contributed by atoms with E-state index in [2.05, 4.69) is 9.97 Å². The largest absolute Gasteiger partial charge is 0.492 e. The van der Waals surface area contributed by atoms with Crippen molar-refractivity contribution in [1.29, 1.82) is 0 Å². The van der Waals surface area contributed by atoms with E-state index in [9.17, 15) is 4.39 Å². The lowest BCUT2D eigenvalue weighted by Crippen LogP contribution is -2.07. The minimum atomic E-state index is -0.279. The van der Waals surface area contributed by atoms with Crippen molar-refractivity contribution in [2.75, 3.05) is 13.2 Å². The standard InChI is InChI=1S/C23H22FN3O2/c1-16-4-11-21-26-22(18-6-8-19(24)9-7-18)23(27(21)15-16)29-13-3-12-28-20-10-5-17(2)25-14-20/h4-11,14-15H,3,12-13H2,1-2H3. The fraction of sp³-hybridized carbons (Fsp3) is 0.217. The first-order valence-electron chi connectivity index (χ1n) is 9.53. The number of aromatic nitrogens is 3. The molecule has 0 saturated heterocycles. The van der Waals surface area contributed by atoms with Gasteiger partial charge in [0.25, 0.3) is 0 Å². The number of aryl methyl sites for hydroxylation is 2. The Morgan fingerprint density at radius 2 is 1.72 bits per heavy atom.